The molecule has 0 aromatic carbocycles. The zero-order chi connectivity index (χ0) is 16.8. The maximum Gasteiger partial charge on any atom is 0.328 e. The van der Waals surface area contributed by atoms with Gasteiger partial charge in [-0.3, -0.25) is 4.79 Å². The molecule has 0 aliphatic heterocycles. The summed E-state index contributed by atoms with van der Waals surface area (Å²) in [4.78, 5) is 34.1. The first-order chi connectivity index (χ1) is 9.36. The van der Waals surface area contributed by atoms with Crippen LogP contribution < -0.4 is 16.0 Å². The van der Waals surface area contributed by atoms with E-state index in [1.54, 1.807) is 0 Å². The van der Waals surface area contributed by atoms with E-state index in [1.165, 1.54) is 13.8 Å². The number of amides is 3. The lowest BCUT2D eigenvalue weighted by Gasteiger charge is -2.28. The summed E-state index contributed by atoms with van der Waals surface area (Å²) in [6, 6.07) is -0.361. The number of nitrogens with one attached hydrogen (secondary N) is 3. The Bertz CT molecular complexity index is 400. The molecule has 0 fully saturated rings. The van der Waals surface area contributed by atoms with E-state index >= 15 is 0 Å². The Morgan fingerprint density at radius 2 is 1.62 bits per heavy atom. The van der Waals surface area contributed by atoms with Crippen molar-refractivity contribution >= 4 is 17.9 Å². The highest BCUT2D eigenvalue weighted by molar-refractivity contribution is 5.86. The average Bonchev–Trinajstić information content (AvgIpc) is 2.26. The number of aliphatic carboxylic acids is 1. The van der Waals surface area contributed by atoms with Gasteiger partial charge in [0.05, 0.1) is 0 Å². The van der Waals surface area contributed by atoms with Gasteiger partial charge in [-0.1, -0.05) is 20.8 Å². The van der Waals surface area contributed by atoms with E-state index < -0.39 is 17.4 Å². The van der Waals surface area contributed by atoms with Crippen LogP contribution in [0.25, 0.3) is 0 Å². The second kappa shape index (κ2) is 7.28. The van der Waals surface area contributed by atoms with Crippen LogP contribution in [0.3, 0.4) is 0 Å². The highest BCUT2D eigenvalue weighted by atomic mass is 16.4. The van der Waals surface area contributed by atoms with E-state index in [2.05, 4.69) is 16.0 Å². The van der Waals surface area contributed by atoms with Gasteiger partial charge < -0.3 is 21.1 Å². The average molecular weight is 301 g/mol. The maximum atomic E-state index is 11.6. The molecule has 122 valence electrons. The van der Waals surface area contributed by atoms with Crippen molar-refractivity contribution < 1.29 is 19.5 Å². The molecule has 7 heteroatoms. The quantitative estimate of drug-likeness (QED) is 0.589. The third-order valence-corrected chi connectivity index (χ3v) is 3.27. The monoisotopic (exact) mass is 301 g/mol. The van der Waals surface area contributed by atoms with E-state index in [0.717, 1.165) is 0 Å². The van der Waals surface area contributed by atoms with Gasteiger partial charge in [0.25, 0.3) is 0 Å². The van der Waals surface area contributed by atoms with Gasteiger partial charge >= 0.3 is 12.0 Å². The Labute approximate surface area is 125 Å². The molecule has 7 nitrogen and oxygen atoms in total. The second-order valence-electron chi connectivity index (χ2n) is 6.72. The number of carboxylic acids is 1. The van der Waals surface area contributed by atoms with Gasteiger partial charge in [0, 0.05) is 19.0 Å². The molecule has 0 aliphatic carbocycles. The largest absolute Gasteiger partial charge is 0.480 e. The number of carbonyl (C=O) groups excluding carboxylic acids is 2. The molecule has 0 saturated heterocycles. The topological polar surface area (TPSA) is 108 Å². The molecule has 4 N–H and O–H groups in total. The lowest BCUT2D eigenvalue weighted by atomic mass is 9.88. The first-order valence-corrected chi connectivity index (χ1v) is 6.95. The molecule has 0 radical (unpaired) electrons. The van der Waals surface area contributed by atoms with Crippen molar-refractivity contribution in [1.82, 2.24) is 16.0 Å². The number of rotatable bonds is 6. The number of urea groups is 1. The normalized spacial score (nSPS) is 13.2. The van der Waals surface area contributed by atoms with E-state index in [1.807, 2.05) is 27.7 Å². The molecule has 0 spiro atoms. The van der Waals surface area contributed by atoms with Gasteiger partial charge in [0.2, 0.25) is 5.91 Å². The Kier molecular flexibility index (Phi) is 6.66. The third-order valence-electron chi connectivity index (χ3n) is 3.27. The van der Waals surface area contributed by atoms with E-state index in [-0.39, 0.29) is 30.5 Å². The van der Waals surface area contributed by atoms with Crippen molar-refractivity contribution in [2.45, 2.75) is 59.5 Å². The van der Waals surface area contributed by atoms with Crippen LogP contribution >= 0.6 is 0 Å². The number of hydrogen-bond donors (Lipinski definition) is 4. The van der Waals surface area contributed by atoms with Crippen LogP contribution in [0.15, 0.2) is 0 Å². The third kappa shape index (κ3) is 7.53. The summed E-state index contributed by atoms with van der Waals surface area (Å²) in [5.74, 6) is -1.54. The Hall–Kier alpha value is -1.79. The summed E-state index contributed by atoms with van der Waals surface area (Å²) in [6.45, 7) is 10.9. The zero-order valence-electron chi connectivity index (χ0n) is 13.7. The van der Waals surface area contributed by atoms with Gasteiger partial charge in [0.15, 0.2) is 0 Å². The van der Waals surface area contributed by atoms with Gasteiger partial charge in [-0.25, -0.2) is 9.59 Å². The van der Waals surface area contributed by atoms with Crippen LogP contribution in [0.5, 0.6) is 0 Å². The molecule has 0 rings (SSSR count). The van der Waals surface area contributed by atoms with Gasteiger partial charge in [-0.05, 0) is 26.2 Å². The van der Waals surface area contributed by atoms with E-state index in [9.17, 15) is 14.4 Å². The molecule has 0 aromatic rings. The van der Waals surface area contributed by atoms with Crippen molar-refractivity contribution in [3.05, 3.63) is 0 Å². The number of carbonyl (C=O) groups is 3. The Morgan fingerprint density at radius 3 is 2.05 bits per heavy atom. The molecule has 1 atom stereocenters. The molecular weight excluding hydrogens is 274 g/mol. The van der Waals surface area contributed by atoms with Gasteiger partial charge in [0.1, 0.15) is 5.54 Å². The van der Waals surface area contributed by atoms with Crippen molar-refractivity contribution in [3.63, 3.8) is 0 Å². The fraction of sp³-hybridized carbons (Fsp3) is 0.786. The van der Waals surface area contributed by atoms with E-state index in [4.69, 9.17) is 5.11 Å². The summed E-state index contributed by atoms with van der Waals surface area (Å²) in [7, 11) is 0. The fourth-order valence-electron chi connectivity index (χ4n) is 1.22. The highest BCUT2D eigenvalue weighted by Crippen LogP contribution is 2.18. The summed E-state index contributed by atoms with van der Waals surface area (Å²) in [5.41, 5.74) is -1.37. The minimum absolute atomic E-state index is 0.0164. The van der Waals surface area contributed by atoms with E-state index in [0.29, 0.717) is 0 Å². The minimum Gasteiger partial charge on any atom is -0.480 e. The predicted octanol–water partition coefficient (Wildman–Crippen LogP) is 1.09. The lowest BCUT2D eigenvalue weighted by molar-refractivity contribution is -0.146. The van der Waals surface area contributed by atoms with Crippen LogP contribution in [0, 0.1) is 5.41 Å². The van der Waals surface area contributed by atoms with Crippen molar-refractivity contribution in [2.75, 3.05) is 6.54 Å². The summed E-state index contributed by atoms with van der Waals surface area (Å²) in [6.07, 6.45) is 0.0219. The minimum atomic E-state index is -1.32. The van der Waals surface area contributed by atoms with Crippen molar-refractivity contribution in [2.24, 2.45) is 5.41 Å². The standard InChI is InChI=1S/C14H27N3O4/c1-9(13(2,3)4)16-12(21)15-8-7-10(18)17-14(5,6)11(19)20/h9H,7-8H2,1-6H3,(H,17,18)(H,19,20)(H2,15,16,21). The molecule has 0 aliphatic rings. The summed E-state index contributed by atoms with van der Waals surface area (Å²) < 4.78 is 0. The number of hydrogen-bond acceptors (Lipinski definition) is 3. The molecule has 21 heavy (non-hydrogen) atoms. The lowest BCUT2D eigenvalue weighted by Crippen LogP contribution is -2.51. The van der Waals surface area contributed by atoms with Crippen LogP contribution in [0.4, 0.5) is 4.79 Å². The van der Waals surface area contributed by atoms with Crippen molar-refractivity contribution in [3.8, 4) is 0 Å². The second-order valence-corrected chi connectivity index (χ2v) is 6.72. The molecule has 0 saturated carbocycles. The fourth-order valence-corrected chi connectivity index (χ4v) is 1.22. The molecule has 0 aromatic heterocycles. The zero-order valence-corrected chi connectivity index (χ0v) is 13.7. The van der Waals surface area contributed by atoms with Crippen LogP contribution in [-0.4, -0.2) is 41.1 Å². The summed E-state index contributed by atoms with van der Waals surface area (Å²) in [5, 5.41) is 16.6. The smallest absolute Gasteiger partial charge is 0.328 e. The Morgan fingerprint density at radius 1 is 1.10 bits per heavy atom. The maximum absolute atomic E-state index is 11.6. The molecule has 0 heterocycles. The molecule has 0 bridgehead atoms. The number of carboxylic acid groups (broad SMARTS) is 1. The van der Waals surface area contributed by atoms with Crippen molar-refractivity contribution in [1.29, 1.82) is 0 Å². The Balaban J connectivity index is 4.08. The predicted molar refractivity (Wildman–Crippen MR) is 79.9 cm³/mol. The van der Waals surface area contributed by atoms with Crippen LogP contribution in [-0.2, 0) is 9.59 Å². The van der Waals surface area contributed by atoms with Gasteiger partial charge in [-0.15, -0.1) is 0 Å². The summed E-state index contributed by atoms with van der Waals surface area (Å²) >= 11 is 0. The van der Waals surface area contributed by atoms with Crippen LogP contribution in [0.1, 0.15) is 48.0 Å². The SMILES string of the molecule is CC(NC(=O)NCCC(=O)NC(C)(C)C(=O)O)C(C)(C)C. The molecule has 3 amide bonds. The highest BCUT2D eigenvalue weighted by Gasteiger charge is 2.28. The molecular formula is C14H27N3O4. The first-order valence-electron chi connectivity index (χ1n) is 6.95. The van der Waals surface area contributed by atoms with Crippen LogP contribution in [0.2, 0.25) is 0 Å². The van der Waals surface area contributed by atoms with Gasteiger partial charge in [-0.2, -0.15) is 0 Å². The molecule has 1 unspecified atom stereocenters. The first kappa shape index (κ1) is 19.2.